The summed E-state index contributed by atoms with van der Waals surface area (Å²) >= 11 is 0. The van der Waals surface area contributed by atoms with Gasteiger partial charge in [-0.1, -0.05) is 55.4 Å². The van der Waals surface area contributed by atoms with Gasteiger partial charge < -0.3 is 20.2 Å². The Hall–Kier alpha value is -2.71. The van der Waals surface area contributed by atoms with Crippen LogP contribution in [0.3, 0.4) is 0 Å². The first-order valence-corrected chi connectivity index (χ1v) is 9.36. The molecule has 0 spiro atoms. The number of nitrogens with zero attached hydrogens (tertiary/aromatic N) is 2. The maximum atomic E-state index is 12.5. The molecule has 3 N–H and O–H groups in total. The zero-order chi connectivity index (χ0) is 20.1. The van der Waals surface area contributed by atoms with Crippen molar-refractivity contribution in [1.29, 1.82) is 0 Å². The third kappa shape index (κ3) is 4.96. The van der Waals surface area contributed by atoms with Gasteiger partial charge in [0.25, 0.3) is 5.91 Å². The van der Waals surface area contributed by atoms with Crippen molar-refractivity contribution in [3.63, 3.8) is 0 Å². The summed E-state index contributed by atoms with van der Waals surface area (Å²) < 4.78 is 0. The number of rotatable bonds is 7. The number of hydrogen-bond donors (Lipinski definition) is 3. The van der Waals surface area contributed by atoms with Gasteiger partial charge in [-0.3, -0.25) is 4.79 Å². The molecule has 1 aromatic heterocycles. The van der Waals surface area contributed by atoms with E-state index >= 15 is 0 Å². The molecular weight excluding hydrogens is 357 g/mol. The van der Waals surface area contributed by atoms with Crippen molar-refractivity contribution in [2.75, 3.05) is 0 Å². The monoisotopic (exact) mass is 381 g/mol. The van der Waals surface area contributed by atoms with Crippen LogP contribution in [0.4, 0.5) is 0 Å². The van der Waals surface area contributed by atoms with Gasteiger partial charge in [0.15, 0.2) is 0 Å². The molecule has 0 fully saturated rings. The summed E-state index contributed by atoms with van der Waals surface area (Å²) in [5, 5.41) is 25.6. The van der Waals surface area contributed by atoms with Gasteiger partial charge in [-0.2, -0.15) is 0 Å². The normalized spacial score (nSPS) is 17.0. The third-order valence-corrected chi connectivity index (χ3v) is 4.49. The highest BCUT2D eigenvalue weighted by molar-refractivity contribution is 6.43. The summed E-state index contributed by atoms with van der Waals surface area (Å²) in [6.07, 6.45) is -0.0945. The summed E-state index contributed by atoms with van der Waals surface area (Å²) in [6, 6.07) is 15.4. The van der Waals surface area contributed by atoms with Gasteiger partial charge in [0.05, 0.1) is 17.3 Å². The Bertz CT molecular complexity index is 842. The molecule has 28 heavy (non-hydrogen) atoms. The summed E-state index contributed by atoms with van der Waals surface area (Å²) in [6.45, 7) is 3.89. The smallest absolute Gasteiger partial charge is 0.426 e. The Balaban J connectivity index is 1.66. The van der Waals surface area contributed by atoms with Crippen LogP contribution >= 0.6 is 0 Å². The van der Waals surface area contributed by atoms with Gasteiger partial charge in [0, 0.05) is 12.0 Å². The lowest BCUT2D eigenvalue weighted by molar-refractivity contribution is -0.131. The molecule has 146 valence electrons. The van der Waals surface area contributed by atoms with E-state index in [1.165, 1.54) is 0 Å². The van der Waals surface area contributed by atoms with Crippen molar-refractivity contribution >= 4 is 18.7 Å². The van der Waals surface area contributed by atoms with E-state index in [1.54, 1.807) is 0 Å². The molecule has 1 unspecified atom stereocenters. The lowest BCUT2D eigenvalue weighted by Crippen LogP contribution is -2.50. The van der Waals surface area contributed by atoms with Gasteiger partial charge >= 0.3 is 7.12 Å². The van der Waals surface area contributed by atoms with E-state index in [1.807, 2.05) is 62.4 Å². The topological polar surface area (TPSA) is 104 Å². The second-order valence-electron chi connectivity index (χ2n) is 7.27. The van der Waals surface area contributed by atoms with E-state index < -0.39 is 25.1 Å². The SMILES string of the molecule is CC(C)C[C@H](NC(=O)C1CC(c2cccc(-c3ccccc3)n2)=NO1)B(O)O. The van der Waals surface area contributed by atoms with Gasteiger partial charge in [-0.25, -0.2) is 4.98 Å². The van der Waals surface area contributed by atoms with Crippen LogP contribution in [0.1, 0.15) is 32.4 Å². The lowest BCUT2D eigenvalue weighted by Gasteiger charge is -2.20. The van der Waals surface area contributed by atoms with Crippen LogP contribution in [0, 0.1) is 5.92 Å². The fourth-order valence-electron chi connectivity index (χ4n) is 3.07. The van der Waals surface area contributed by atoms with Crippen molar-refractivity contribution in [3.8, 4) is 11.3 Å². The minimum Gasteiger partial charge on any atom is -0.426 e. The number of pyridine rings is 1. The van der Waals surface area contributed by atoms with Gasteiger partial charge in [-0.15, -0.1) is 0 Å². The second-order valence-corrected chi connectivity index (χ2v) is 7.27. The van der Waals surface area contributed by atoms with Crippen molar-refractivity contribution < 1.29 is 19.7 Å². The Morgan fingerprint density at radius 3 is 2.57 bits per heavy atom. The molecule has 0 aliphatic carbocycles. The van der Waals surface area contributed by atoms with Crippen LogP contribution in [-0.2, 0) is 9.63 Å². The van der Waals surface area contributed by atoms with Crippen LogP contribution in [-0.4, -0.2) is 45.8 Å². The molecule has 1 aliphatic rings. The van der Waals surface area contributed by atoms with Crippen LogP contribution in [0.15, 0.2) is 53.7 Å². The van der Waals surface area contributed by atoms with E-state index in [9.17, 15) is 14.8 Å². The molecular formula is C20H24BN3O4. The van der Waals surface area contributed by atoms with Gasteiger partial charge in [0.2, 0.25) is 6.10 Å². The first-order valence-electron chi connectivity index (χ1n) is 9.36. The predicted molar refractivity (Wildman–Crippen MR) is 107 cm³/mol. The highest BCUT2D eigenvalue weighted by Gasteiger charge is 2.34. The van der Waals surface area contributed by atoms with Crippen molar-refractivity contribution in [2.24, 2.45) is 11.1 Å². The van der Waals surface area contributed by atoms with Crippen LogP contribution in [0.25, 0.3) is 11.3 Å². The third-order valence-electron chi connectivity index (χ3n) is 4.49. The Morgan fingerprint density at radius 2 is 1.89 bits per heavy atom. The van der Waals surface area contributed by atoms with E-state index in [2.05, 4.69) is 15.5 Å². The molecule has 1 aromatic carbocycles. The van der Waals surface area contributed by atoms with Crippen molar-refractivity contribution in [1.82, 2.24) is 10.3 Å². The van der Waals surface area contributed by atoms with Crippen LogP contribution in [0.2, 0.25) is 0 Å². The number of hydrogen-bond acceptors (Lipinski definition) is 6. The maximum absolute atomic E-state index is 12.5. The molecule has 0 bridgehead atoms. The quantitative estimate of drug-likeness (QED) is 0.635. The zero-order valence-corrected chi connectivity index (χ0v) is 15.9. The molecule has 7 nitrogen and oxygen atoms in total. The fourth-order valence-corrected chi connectivity index (χ4v) is 3.07. The standard InChI is InChI=1S/C20H24BN3O4/c1-13(2)11-19(21(26)27)23-20(25)18-12-17(24-28-18)16-10-6-9-15(22-16)14-7-4-3-5-8-14/h3-10,13,18-19,26-27H,11-12H2,1-2H3,(H,23,25)/t18?,19-/m0/s1. The molecule has 0 saturated heterocycles. The number of amides is 1. The molecule has 1 aliphatic heterocycles. The van der Waals surface area contributed by atoms with Crippen LogP contribution in [0.5, 0.6) is 0 Å². The Morgan fingerprint density at radius 1 is 1.18 bits per heavy atom. The molecule has 2 atom stereocenters. The zero-order valence-electron chi connectivity index (χ0n) is 15.9. The van der Waals surface area contributed by atoms with Gasteiger partial charge in [-0.05, 0) is 24.5 Å². The average molecular weight is 381 g/mol. The predicted octanol–water partition coefficient (Wildman–Crippen LogP) is 1.78. The van der Waals surface area contributed by atoms with Crippen LogP contribution < -0.4 is 5.32 Å². The molecule has 1 amide bonds. The highest BCUT2D eigenvalue weighted by atomic mass is 16.6. The average Bonchev–Trinajstić information content (AvgIpc) is 3.18. The summed E-state index contributed by atoms with van der Waals surface area (Å²) in [7, 11) is -1.63. The number of benzene rings is 1. The number of carbonyl (C=O) groups excluding carboxylic acids is 1. The fraction of sp³-hybridized carbons (Fsp3) is 0.350. The van der Waals surface area contributed by atoms with Crippen molar-refractivity contribution in [2.45, 2.75) is 38.7 Å². The maximum Gasteiger partial charge on any atom is 0.475 e. The lowest BCUT2D eigenvalue weighted by atomic mass is 9.75. The minimum absolute atomic E-state index is 0.202. The first kappa shape index (κ1) is 20.0. The largest absolute Gasteiger partial charge is 0.475 e. The number of aromatic nitrogens is 1. The molecule has 0 radical (unpaired) electrons. The molecule has 8 heteroatoms. The van der Waals surface area contributed by atoms with Gasteiger partial charge in [0.1, 0.15) is 5.71 Å². The number of carbonyl (C=O) groups is 1. The number of oxime groups is 1. The van der Waals surface area contributed by atoms with Crippen molar-refractivity contribution in [3.05, 3.63) is 54.2 Å². The molecule has 2 aromatic rings. The summed E-state index contributed by atoms with van der Waals surface area (Å²) in [4.78, 5) is 22.4. The summed E-state index contributed by atoms with van der Waals surface area (Å²) in [5.74, 6) is -0.968. The van der Waals surface area contributed by atoms with E-state index in [0.717, 1.165) is 11.3 Å². The minimum atomic E-state index is -1.63. The van der Waals surface area contributed by atoms with E-state index in [0.29, 0.717) is 17.8 Å². The van der Waals surface area contributed by atoms with E-state index in [-0.39, 0.29) is 12.3 Å². The Labute approximate surface area is 164 Å². The molecule has 0 saturated carbocycles. The van der Waals surface area contributed by atoms with E-state index in [4.69, 9.17) is 4.84 Å². The molecule has 2 heterocycles. The first-order chi connectivity index (χ1) is 13.4. The molecule has 3 rings (SSSR count). The Kier molecular flexibility index (Phi) is 6.43. The highest BCUT2D eigenvalue weighted by Crippen LogP contribution is 2.20. The summed E-state index contributed by atoms with van der Waals surface area (Å²) in [5.41, 5.74) is 3.04. The second kappa shape index (κ2) is 8.99. The number of nitrogens with one attached hydrogen (secondary N) is 1.